The zero-order valence-electron chi connectivity index (χ0n) is 23.1. The van der Waals surface area contributed by atoms with Crippen LogP contribution in [-0.2, 0) is 28.7 Å². The summed E-state index contributed by atoms with van der Waals surface area (Å²) in [5.41, 5.74) is -0.928. The second kappa shape index (κ2) is 13.3. The van der Waals surface area contributed by atoms with Crippen molar-refractivity contribution < 1.29 is 51.0 Å². The standard InChI is InChI=1S/C27H33F4N3O7/c1-27(2,3)41-20(36)13-18(19(35)14-40-23-21(30)16(28)12-17(29)22(23)31)32-24(37)15-6-10-34(11-7-15)26(39)25(38)33-8-4-5-9-33/h12,15,18H,4-11,13-14H2,1-3H3,(H,32,37)/t18-/m0/s1. The van der Waals surface area contributed by atoms with Crippen LogP contribution in [0.1, 0.15) is 52.9 Å². The molecule has 2 saturated heterocycles. The number of carbonyl (C=O) groups is 5. The Morgan fingerprint density at radius 1 is 0.902 bits per heavy atom. The minimum absolute atomic E-state index is 0.0218. The predicted octanol–water partition coefficient (Wildman–Crippen LogP) is 2.27. The fourth-order valence-electron chi connectivity index (χ4n) is 4.54. The first-order valence-electron chi connectivity index (χ1n) is 13.3. The van der Waals surface area contributed by atoms with Crippen LogP contribution in [0.2, 0.25) is 0 Å². The third kappa shape index (κ3) is 8.40. The van der Waals surface area contributed by atoms with Crippen molar-refractivity contribution in [2.24, 2.45) is 5.92 Å². The number of rotatable bonds is 8. The number of amides is 3. The van der Waals surface area contributed by atoms with E-state index in [1.54, 1.807) is 20.8 Å². The lowest BCUT2D eigenvalue weighted by molar-refractivity contribution is -0.156. The van der Waals surface area contributed by atoms with E-state index in [0.717, 1.165) is 12.8 Å². The van der Waals surface area contributed by atoms with Crippen molar-refractivity contribution in [1.29, 1.82) is 0 Å². The van der Waals surface area contributed by atoms with Crippen LogP contribution in [0.3, 0.4) is 0 Å². The number of likely N-dealkylation sites (tertiary alicyclic amines) is 2. The second-order valence-electron chi connectivity index (χ2n) is 11.0. The maximum atomic E-state index is 14.0. The van der Waals surface area contributed by atoms with Gasteiger partial charge in [0.15, 0.2) is 23.2 Å². The number of ketones is 1. The Labute approximate surface area is 234 Å². The number of ether oxygens (including phenoxy) is 2. The fourth-order valence-corrected chi connectivity index (χ4v) is 4.54. The van der Waals surface area contributed by atoms with E-state index >= 15 is 0 Å². The summed E-state index contributed by atoms with van der Waals surface area (Å²) >= 11 is 0. The van der Waals surface area contributed by atoms with E-state index in [1.165, 1.54) is 9.80 Å². The number of benzene rings is 1. The van der Waals surface area contributed by atoms with Crippen molar-refractivity contribution in [3.05, 3.63) is 29.3 Å². The first-order chi connectivity index (χ1) is 19.2. The number of carbonyl (C=O) groups excluding carboxylic acids is 5. The van der Waals surface area contributed by atoms with Crippen LogP contribution < -0.4 is 10.1 Å². The Kier molecular flexibility index (Phi) is 10.3. The molecule has 1 aromatic rings. The summed E-state index contributed by atoms with van der Waals surface area (Å²) in [5.74, 6) is -13.1. The molecule has 226 valence electrons. The first-order valence-corrected chi connectivity index (χ1v) is 13.3. The van der Waals surface area contributed by atoms with Crippen molar-refractivity contribution in [3.8, 4) is 5.75 Å². The second-order valence-corrected chi connectivity index (χ2v) is 11.0. The van der Waals surface area contributed by atoms with E-state index in [1.807, 2.05) is 0 Å². The Hall–Kier alpha value is -3.71. The molecule has 0 unspecified atom stereocenters. The molecule has 2 fully saturated rings. The van der Waals surface area contributed by atoms with E-state index in [-0.39, 0.29) is 32.0 Å². The van der Waals surface area contributed by atoms with Crippen molar-refractivity contribution >= 4 is 29.5 Å². The molecule has 0 radical (unpaired) electrons. The number of Topliss-reactive ketones (excluding diaryl/α,β-unsaturated/α-hetero) is 1. The largest absolute Gasteiger partial charge is 0.479 e. The van der Waals surface area contributed by atoms with Gasteiger partial charge in [-0.3, -0.25) is 24.0 Å². The van der Waals surface area contributed by atoms with Gasteiger partial charge in [-0.15, -0.1) is 0 Å². The lowest BCUT2D eigenvalue weighted by Crippen LogP contribution is -2.51. The average molecular weight is 588 g/mol. The maximum absolute atomic E-state index is 14.0. The lowest BCUT2D eigenvalue weighted by Gasteiger charge is -2.32. The summed E-state index contributed by atoms with van der Waals surface area (Å²) in [6, 6.07) is -1.58. The molecule has 2 aliphatic rings. The van der Waals surface area contributed by atoms with Crippen molar-refractivity contribution in [2.45, 2.75) is 64.5 Å². The summed E-state index contributed by atoms with van der Waals surface area (Å²) in [5, 5.41) is 2.42. The predicted molar refractivity (Wildman–Crippen MR) is 134 cm³/mol. The smallest absolute Gasteiger partial charge is 0.312 e. The number of hydrogen-bond donors (Lipinski definition) is 1. The highest BCUT2D eigenvalue weighted by Gasteiger charge is 2.35. The van der Waals surface area contributed by atoms with Gasteiger partial charge >= 0.3 is 17.8 Å². The van der Waals surface area contributed by atoms with E-state index in [0.29, 0.717) is 13.1 Å². The van der Waals surface area contributed by atoms with Crippen molar-refractivity contribution in [1.82, 2.24) is 15.1 Å². The molecule has 1 aromatic carbocycles. The topological polar surface area (TPSA) is 122 Å². The van der Waals surface area contributed by atoms with Crippen LogP contribution in [0.25, 0.3) is 0 Å². The third-order valence-electron chi connectivity index (χ3n) is 6.66. The molecule has 2 heterocycles. The van der Waals surface area contributed by atoms with Gasteiger partial charge in [-0.2, -0.15) is 8.78 Å². The van der Waals surface area contributed by atoms with Crippen LogP contribution in [0.15, 0.2) is 6.07 Å². The summed E-state index contributed by atoms with van der Waals surface area (Å²) in [6.07, 6.45) is 1.35. The number of piperidine rings is 1. The molecule has 1 N–H and O–H groups in total. The van der Waals surface area contributed by atoms with Crippen LogP contribution in [0.5, 0.6) is 5.75 Å². The van der Waals surface area contributed by atoms with Crippen molar-refractivity contribution in [2.75, 3.05) is 32.8 Å². The fraction of sp³-hybridized carbons (Fsp3) is 0.593. The molecule has 0 bridgehead atoms. The van der Waals surface area contributed by atoms with E-state index < -0.39 is 89.1 Å². The molecule has 41 heavy (non-hydrogen) atoms. The van der Waals surface area contributed by atoms with Gasteiger partial charge in [0.25, 0.3) is 0 Å². The lowest BCUT2D eigenvalue weighted by atomic mass is 9.95. The summed E-state index contributed by atoms with van der Waals surface area (Å²) < 4.78 is 64.8. The molecule has 3 amide bonds. The van der Waals surface area contributed by atoms with Crippen LogP contribution in [0.4, 0.5) is 17.6 Å². The van der Waals surface area contributed by atoms with E-state index in [2.05, 4.69) is 5.32 Å². The van der Waals surface area contributed by atoms with Crippen LogP contribution in [0, 0.1) is 29.2 Å². The number of nitrogens with zero attached hydrogens (tertiary/aromatic N) is 2. The molecule has 3 rings (SSSR count). The molecular formula is C27H33F4N3O7. The Morgan fingerprint density at radius 2 is 1.41 bits per heavy atom. The van der Waals surface area contributed by atoms with Crippen LogP contribution in [-0.4, -0.2) is 83.7 Å². The Morgan fingerprint density at radius 3 is 1.93 bits per heavy atom. The van der Waals surface area contributed by atoms with E-state index in [9.17, 15) is 41.5 Å². The Bertz CT molecular complexity index is 1160. The van der Waals surface area contributed by atoms with Gasteiger partial charge in [-0.25, -0.2) is 8.78 Å². The normalized spacial score (nSPS) is 16.8. The third-order valence-corrected chi connectivity index (χ3v) is 6.66. The van der Waals surface area contributed by atoms with Gasteiger partial charge < -0.3 is 24.6 Å². The summed E-state index contributed by atoms with van der Waals surface area (Å²) in [4.78, 5) is 66.2. The maximum Gasteiger partial charge on any atom is 0.312 e. The van der Waals surface area contributed by atoms with Crippen LogP contribution >= 0.6 is 0 Å². The van der Waals surface area contributed by atoms with Gasteiger partial charge in [-0.05, 0) is 46.5 Å². The number of nitrogens with one attached hydrogen (secondary N) is 1. The van der Waals surface area contributed by atoms with Crippen molar-refractivity contribution in [3.63, 3.8) is 0 Å². The highest BCUT2D eigenvalue weighted by molar-refractivity contribution is 6.35. The zero-order chi connectivity index (χ0) is 30.5. The number of hydrogen-bond acceptors (Lipinski definition) is 7. The summed E-state index contributed by atoms with van der Waals surface area (Å²) in [7, 11) is 0. The minimum atomic E-state index is -1.85. The molecule has 2 aliphatic heterocycles. The molecular weight excluding hydrogens is 554 g/mol. The molecule has 0 aromatic heterocycles. The highest BCUT2D eigenvalue weighted by atomic mass is 19.2. The monoisotopic (exact) mass is 587 g/mol. The molecule has 0 saturated carbocycles. The first kappa shape index (κ1) is 31.8. The van der Waals surface area contributed by atoms with E-state index in [4.69, 9.17) is 9.47 Å². The van der Waals surface area contributed by atoms with Gasteiger partial charge in [0, 0.05) is 38.2 Å². The minimum Gasteiger partial charge on any atom is -0.479 e. The van der Waals surface area contributed by atoms with Gasteiger partial charge in [-0.1, -0.05) is 0 Å². The molecule has 10 nitrogen and oxygen atoms in total. The zero-order valence-corrected chi connectivity index (χ0v) is 23.1. The number of halogens is 4. The average Bonchev–Trinajstić information content (AvgIpc) is 3.45. The molecule has 14 heteroatoms. The van der Waals surface area contributed by atoms with Gasteiger partial charge in [0.2, 0.25) is 17.5 Å². The molecule has 0 spiro atoms. The van der Waals surface area contributed by atoms with Gasteiger partial charge in [0.1, 0.15) is 18.2 Å². The highest BCUT2D eigenvalue weighted by Crippen LogP contribution is 2.26. The molecule has 0 aliphatic carbocycles. The number of esters is 1. The molecule has 1 atom stereocenters. The SMILES string of the molecule is CC(C)(C)OC(=O)C[C@H](NC(=O)C1CCN(C(=O)C(=O)N2CCCC2)CC1)C(=O)COc1c(F)c(F)cc(F)c1F. The quantitative estimate of drug-likeness (QED) is 0.214. The Balaban J connectivity index is 1.64. The van der Waals surface area contributed by atoms with Gasteiger partial charge in [0.05, 0.1) is 6.42 Å². The summed E-state index contributed by atoms with van der Waals surface area (Å²) in [6.45, 7) is 4.89.